The van der Waals surface area contributed by atoms with E-state index >= 15 is 0 Å². The van der Waals surface area contributed by atoms with Crippen molar-refractivity contribution in [2.45, 2.75) is 31.7 Å². The largest absolute Gasteiger partial charge is 0.379 e. The van der Waals surface area contributed by atoms with Crippen LogP contribution < -0.4 is 4.72 Å². The van der Waals surface area contributed by atoms with Crippen LogP contribution in [0.15, 0.2) is 53.4 Å². The molecule has 1 saturated heterocycles. The summed E-state index contributed by atoms with van der Waals surface area (Å²) in [5.41, 5.74) is 3.01. The minimum atomic E-state index is -3.94. The molecule has 1 N–H and O–H groups in total. The van der Waals surface area contributed by atoms with Crippen molar-refractivity contribution >= 4 is 16.1 Å². The first kappa shape index (κ1) is 23.2. The van der Waals surface area contributed by atoms with Gasteiger partial charge in [0, 0.05) is 32.7 Å². The molecule has 7 nitrogen and oxygen atoms in total. The summed E-state index contributed by atoms with van der Waals surface area (Å²) in [5, 5.41) is 0. The van der Waals surface area contributed by atoms with Gasteiger partial charge in [0.05, 0.1) is 18.1 Å². The molecule has 0 bridgehead atoms. The SMILES string of the molecule is Cc1ccc(S(=O)(=O)NC(=O)N(CCCN2CCOCC2)Cc2ccccc2C)cc1. The fraction of sp³-hybridized carbons (Fsp3) is 0.435. The van der Waals surface area contributed by atoms with Gasteiger partial charge in [-0.2, -0.15) is 0 Å². The number of hydrogen-bond acceptors (Lipinski definition) is 5. The van der Waals surface area contributed by atoms with Gasteiger partial charge in [-0.05, 0) is 43.5 Å². The van der Waals surface area contributed by atoms with Crippen molar-refractivity contribution in [3.63, 3.8) is 0 Å². The smallest absolute Gasteiger partial charge is 0.331 e. The highest BCUT2D eigenvalue weighted by atomic mass is 32.2. The maximum absolute atomic E-state index is 13.0. The average molecular weight is 446 g/mol. The molecule has 1 heterocycles. The third-order valence-corrected chi connectivity index (χ3v) is 6.80. The summed E-state index contributed by atoms with van der Waals surface area (Å²) >= 11 is 0. The van der Waals surface area contributed by atoms with Crippen molar-refractivity contribution in [2.24, 2.45) is 0 Å². The molecule has 3 rings (SSSR count). The van der Waals surface area contributed by atoms with Crippen LogP contribution in [0.25, 0.3) is 0 Å². The number of nitrogens with one attached hydrogen (secondary N) is 1. The minimum absolute atomic E-state index is 0.0793. The van der Waals surface area contributed by atoms with Crippen LogP contribution in [-0.2, 0) is 21.3 Å². The Balaban J connectivity index is 1.69. The van der Waals surface area contributed by atoms with E-state index in [9.17, 15) is 13.2 Å². The second kappa shape index (κ2) is 10.7. The zero-order valence-corrected chi connectivity index (χ0v) is 19.0. The lowest BCUT2D eigenvalue weighted by Crippen LogP contribution is -2.44. The van der Waals surface area contributed by atoms with Gasteiger partial charge in [-0.1, -0.05) is 42.0 Å². The van der Waals surface area contributed by atoms with Crippen LogP contribution in [0.5, 0.6) is 0 Å². The molecule has 2 aromatic carbocycles. The first-order chi connectivity index (χ1) is 14.8. The minimum Gasteiger partial charge on any atom is -0.379 e. The monoisotopic (exact) mass is 445 g/mol. The third-order valence-electron chi connectivity index (χ3n) is 5.47. The second-order valence-corrected chi connectivity index (χ2v) is 9.56. The molecule has 0 aromatic heterocycles. The number of benzene rings is 2. The van der Waals surface area contributed by atoms with Gasteiger partial charge in [0.1, 0.15) is 0 Å². The number of nitrogens with zero attached hydrogens (tertiary/aromatic N) is 2. The van der Waals surface area contributed by atoms with Crippen LogP contribution in [0.4, 0.5) is 4.79 Å². The number of carbonyl (C=O) groups is 1. The molecule has 2 aromatic rings. The normalized spacial score (nSPS) is 14.9. The Morgan fingerprint density at radius 3 is 2.42 bits per heavy atom. The van der Waals surface area contributed by atoms with E-state index in [-0.39, 0.29) is 4.90 Å². The summed E-state index contributed by atoms with van der Waals surface area (Å²) in [5.74, 6) is 0. The predicted octanol–water partition coefficient (Wildman–Crippen LogP) is 2.93. The summed E-state index contributed by atoms with van der Waals surface area (Å²) in [4.78, 5) is 17.0. The summed E-state index contributed by atoms with van der Waals surface area (Å²) in [7, 11) is -3.94. The number of amides is 2. The molecule has 8 heteroatoms. The Hall–Kier alpha value is -2.42. The molecule has 0 atom stereocenters. The maximum Gasteiger partial charge on any atom is 0.331 e. The van der Waals surface area contributed by atoms with E-state index in [0.717, 1.165) is 56.0 Å². The van der Waals surface area contributed by atoms with E-state index in [1.54, 1.807) is 17.0 Å². The van der Waals surface area contributed by atoms with Gasteiger partial charge in [-0.25, -0.2) is 17.9 Å². The van der Waals surface area contributed by atoms with Gasteiger partial charge in [0.15, 0.2) is 0 Å². The van der Waals surface area contributed by atoms with Crippen molar-refractivity contribution in [1.82, 2.24) is 14.5 Å². The average Bonchev–Trinajstić information content (AvgIpc) is 2.75. The lowest BCUT2D eigenvalue weighted by molar-refractivity contribution is 0.0364. The molecule has 31 heavy (non-hydrogen) atoms. The Morgan fingerprint density at radius 1 is 1.06 bits per heavy atom. The van der Waals surface area contributed by atoms with Gasteiger partial charge >= 0.3 is 6.03 Å². The van der Waals surface area contributed by atoms with Gasteiger partial charge in [0.25, 0.3) is 10.0 Å². The Labute approximate surface area is 185 Å². The summed E-state index contributed by atoms with van der Waals surface area (Å²) in [6, 6.07) is 13.7. The van der Waals surface area contributed by atoms with Crippen LogP contribution in [-0.4, -0.2) is 63.6 Å². The van der Waals surface area contributed by atoms with Crippen LogP contribution in [0, 0.1) is 13.8 Å². The van der Waals surface area contributed by atoms with Crippen molar-refractivity contribution in [3.05, 3.63) is 65.2 Å². The number of rotatable bonds is 8. The van der Waals surface area contributed by atoms with Crippen molar-refractivity contribution < 1.29 is 17.9 Å². The number of hydrogen-bond donors (Lipinski definition) is 1. The highest BCUT2D eigenvalue weighted by Crippen LogP contribution is 2.14. The number of sulfonamides is 1. The number of urea groups is 1. The summed E-state index contributed by atoms with van der Waals surface area (Å²) < 4.78 is 33.1. The van der Waals surface area contributed by atoms with E-state index < -0.39 is 16.1 Å². The van der Waals surface area contributed by atoms with Crippen LogP contribution in [0.1, 0.15) is 23.1 Å². The number of carbonyl (C=O) groups excluding carboxylic acids is 1. The Kier molecular flexibility index (Phi) is 8.06. The van der Waals surface area contributed by atoms with Gasteiger partial charge in [-0.15, -0.1) is 0 Å². The van der Waals surface area contributed by atoms with E-state index in [4.69, 9.17) is 4.74 Å². The molecule has 0 radical (unpaired) electrons. The first-order valence-corrected chi connectivity index (χ1v) is 12.1. The number of aryl methyl sites for hydroxylation is 2. The summed E-state index contributed by atoms with van der Waals surface area (Å²) in [6.45, 7) is 8.73. The van der Waals surface area contributed by atoms with E-state index in [1.807, 2.05) is 38.1 Å². The molecule has 0 spiro atoms. The van der Waals surface area contributed by atoms with Crippen LogP contribution in [0.3, 0.4) is 0 Å². The molecule has 1 fully saturated rings. The fourth-order valence-electron chi connectivity index (χ4n) is 3.51. The van der Waals surface area contributed by atoms with Crippen molar-refractivity contribution in [3.8, 4) is 0 Å². The molecule has 168 valence electrons. The van der Waals surface area contributed by atoms with Crippen LogP contribution >= 0.6 is 0 Å². The van der Waals surface area contributed by atoms with Crippen molar-refractivity contribution in [2.75, 3.05) is 39.4 Å². The Morgan fingerprint density at radius 2 is 1.74 bits per heavy atom. The highest BCUT2D eigenvalue weighted by molar-refractivity contribution is 7.90. The van der Waals surface area contributed by atoms with Gasteiger partial charge in [0.2, 0.25) is 0 Å². The van der Waals surface area contributed by atoms with E-state index in [1.165, 1.54) is 12.1 Å². The molecule has 1 aliphatic heterocycles. The zero-order valence-electron chi connectivity index (χ0n) is 18.2. The molecule has 0 aliphatic carbocycles. The molecular weight excluding hydrogens is 414 g/mol. The molecule has 0 saturated carbocycles. The van der Waals surface area contributed by atoms with Gasteiger partial charge in [-0.3, -0.25) is 4.90 Å². The quantitative estimate of drug-likeness (QED) is 0.676. The molecule has 2 amide bonds. The van der Waals surface area contributed by atoms with Crippen LogP contribution in [0.2, 0.25) is 0 Å². The number of morpholine rings is 1. The summed E-state index contributed by atoms with van der Waals surface area (Å²) in [6.07, 6.45) is 0.754. The molecular formula is C23H31N3O4S. The van der Waals surface area contributed by atoms with Gasteiger partial charge < -0.3 is 9.64 Å². The second-order valence-electron chi connectivity index (χ2n) is 7.88. The maximum atomic E-state index is 13.0. The lowest BCUT2D eigenvalue weighted by atomic mass is 10.1. The molecule has 1 aliphatic rings. The molecule has 0 unspecified atom stereocenters. The predicted molar refractivity (Wildman–Crippen MR) is 120 cm³/mol. The first-order valence-electron chi connectivity index (χ1n) is 10.6. The topological polar surface area (TPSA) is 79.0 Å². The lowest BCUT2D eigenvalue weighted by Gasteiger charge is -2.28. The van der Waals surface area contributed by atoms with E-state index in [2.05, 4.69) is 9.62 Å². The zero-order chi connectivity index (χ0) is 22.3. The van der Waals surface area contributed by atoms with E-state index in [0.29, 0.717) is 13.1 Å². The van der Waals surface area contributed by atoms with Crippen molar-refractivity contribution in [1.29, 1.82) is 0 Å². The number of ether oxygens (including phenoxy) is 1. The fourth-order valence-corrected chi connectivity index (χ4v) is 4.48. The highest BCUT2D eigenvalue weighted by Gasteiger charge is 2.23. The standard InChI is InChI=1S/C23H31N3O4S/c1-19-8-10-22(11-9-19)31(28,29)24-23(27)26(18-21-7-4-3-6-20(21)2)13-5-12-25-14-16-30-17-15-25/h3-4,6-11H,5,12-18H2,1-2H3,(H,24,27). The Bertz CT molecular complexity index is 971. The third kappa shape index (κ3) is 6.78.